The molecule has 0 aromatic rings. The highest BCUT2D eigenvalue weighted by molar-refractivity contribution is 5.76. The Morgan fingerprint density at radius 3 is 2.81 bits per heavy atom. The summed E-state index contributed by atoms with van der Waals surface area (Å²) in [5, 5.41) is 14.3. The number of carboxylic acids is 1. The first kappa shape index (κ1) is 12.5. The molecule has 0 heterocycles. The number of nitrogens with one attached hydrogen (secondary N) is 2. The van der Waals surface area contributed by atoms with Gasteiger partial charge in [0.1, 0.15) is 0 Å². The summed E-state index contributed by atoms with van der Waals surface area (Å²) in [6, 6.07) is -0.527. The van der Waals surface area contributed by atoms with Gasteiger partial charge < -0.3 is 15.7 Å². The van der Waals surface area contributed by atoms with E-state index in [1.54, 1.807) is 6.08 Å². The van der Waals surface area contributed by atoms with Gasteiger partial charge in [0.05, 0.1) is 5.92 Å². The maximum absolute atomic E-state index is 11.4. The quantitative estimate of drug-likeness (QED) is 0.485. The number of carbonyl (C=O) groups is 2. The van der Waals surface area contributed by atoms with Crippen LogP contribution in [0.25, 0.3) is 0 Å². The van der Waals surface area contributed by atoms with Crippen molar-refractivity contribution in [2.24, 2.45) is 5.92 Å². The lowest BCUT2D eigenvalue weighted by Crippen LogP contribution is -2.45. The Labute approximate surface area is 94.9 Å². The summed E-state index contributed by atoms with van der Waals surface area (Å²) in [5.74, 6) is -1.26. The highest BCUT2D eigenvalue weighted by Crippen LogP contribution is 2.25. The number of hydrogen-bond donors (Lipinski definition) is 3. The van der Waals surface area contributed by atoms with Crippen LogP contribution in [-0.4, -0.2) is 29.7 Å². The molecule has 1 aliphatic carbocycles. The van der Waals surface area contributed by atoms with Crippen molar-refractivity contribution in [3.8, 4) is 0 Å². The average Bonchev–Trinajstić information content (AvgIpc) is 2.66. The van der Waals surface area contributed by atoms with Crippen molar-refractivity contribution >= 4 is 12.0 Å². The third-order valence-electron chi connectivity index (χ3n) is 2.78. The van der Waals surface area contributed by atoms with Gasteiger partial charge in [-0.25, -0.2) is 4.79 Å². The van der Waals surface area contributed by atoms with Crippen LogP contribution in [0, 0.1) is 5.92 Å². The van der Waals surface area contributed by atoms with Crippen molar-refractivity contribution in [1.82, 2.24) is 10.6 Å². The zero-order valence-electron chi connectivity index (χ0n) is 9.24. The zero-order chi connectivity index (χ0) is 12.0. The molecule has 0 aromatic carbocycles. The largest absolute Gasteiger partial charge is 0.481 e. The van der Waals surface area contributed by atoms with Crippen LogP contribution in [0.4, 0.5) is 4.79 Å². The highest BCUT2D eigenvalue weighted by atomic mass is 16.4. The predicted octanol–water partition coefficient (Wildman–Crippen LogP) is 1.11. The third-order valence-corrected chi connectivity index (χ3v) is 2.78. The fourth-order valence-electron chi connectivity index (χ4n) is 1.94. The Balaban J connectivity index is 2.32. The van der Waals surface area contributed by atoms with Gasteiger partial charge >= 0.3 is 12.0 Å². The summed E-state index contributed by atoms with van der Waals surface area (Å²) >= 11 is 0. The van der Waals surface area contributed by atoms with Crippen molar-refractivity contribution in [2.45, 2.75) is 31.7 Å². The van der Waals surface area contributed by atoms with Gasteiger partial charge in [-0.3, -0.25) is 4.79 Å². The second kappa shape index (κ2) is 6.15. The average molecular weight is 226 g/mol. The summed E-state index contributed by atoms with van der Waals surface area (Å²) in [6.45, 7) is 4.07. The predicted molar refractivity (Wildman–Crippen MR) is 60.1 cm³/mol. The van der Waals surface area contributed by atoms with Crippen LogP contribution >= 0.6 is 0 Å². The molecule has 1 fully saturated rings. The Morgan fingerprint density at radius 1 is 1.44 bits per heavy atom. The van der Waals surface area contributed by atoms with Gasteiger partial charge in [-0.05, 0) is 19.3 Å². The van der Waals surface area contributed by atoms with E-state index in [1.165, 1.54) is 0 Å². The number of hydrogen-bond acceptors (Lipinski definition) is 2. The number of carbonyl (C=O) groups excluding carboxylic acids is 1. The van der Waals surface area contributed by atoms with Crippen molar-refractivity contribution in [1.29, 1.82) is 0 Å². The van der Waals surface area contributed by atoms with Crippen LogP contribution in [0.1, 0.15) is 25.7 Å². The first-order valence-electron chi connectivity index (χ1n) is 5.53. The van der Waals surface area contributed by atoms with Gasteiger partial charge in [-0.1, -0.05) is 12.5 Å². The molecule has 0 saturated heterocycles. The molecule has 1 aliphatic rings. The summed E-state index contributed by atoms with van der Waals surface area (Å²) in [6.07, 6.45) is 4.67. The minimum Gasteiger partial charge on any atom is -0.481 e. The Morgan fingerprint density at radius 2 is 2.19 bits per heavy atom. The van der Waals surface area contributed by atoms with E-state index in [-0.39, 0.29) is 12.1 Å². The third kappa shape index (κ3) is 3.56. The van der Waals surface area contributed by atoms with Crippen LogP contribution in [-0.2, 0) is 4.79 Å². The Bertz CT molecular complexity index is 278. The lowest BCUT2D eigenvalue weighted by Gasteiger charge is -2.17. The van der Waals surface area contributed by atoms with E-state index in [4.69, 9.17) is 5.11 Å². The molecule has 1 rings (SSSR count). The first-order chi connectivity index (χ1) is 7.65. The lowest BCUT2D eigenvalue weighted by molar-refractivity contribution is -0.142. The molecule has 5 nitrogen and oxygen atoms in total. The number of aliphatic carboxylic acids is 1. The van der Waals surface area contributed by atoms with E-state index in [1.807, 2.05) is 0 Å². The topological polar surface area (TPSA) is 78.4 Å². The van der Waals surface area contributed by atoms with Gasteiger partial charge in [0.15, 0.2) is 0 Å². The normalized spacial score (nSPS) is 23.8. The second-order valence-corrected chi connectivity index (χ2v) is 3.96. The minimum absolute atomic E-state index is 0.235. The lowest BCUT2D eigenvalue weighted by atomic mass is 10.0. The molecule has 0 aliphatic heterocycles. The summed E-state index contributed by atoms with van der Waals surface area (Å²) in [4.78, 5) is 22.3. The van der Waals surface area contributed by atoms with E-state index >= 15 is 0 Å². The van der Waals surface area contributed by atoms with Gasteiger partial charge in [-0.2, -0.15) is 0 Å². The Kier molecular flexibility index (Phi) is 4.82. The molecule has 1 saturated carbocycles. The molecular formula is C11H18N2O3. The van der Waals surface area contributed by atoms with E-state index in [0.29, 0.717) is 19.4 Å². The molecule has 0 spiro atoms. The van der Waals surface area contributed by atoms with Crippen LogP contribution in [0.3, 0.4) is 0 Å². The van der Waals surface area contributed by atoms with Crippen molar-refractivity contribution < 1.29 is 14.7 Å². The van der Waals surface area contributed by atoms with Gasteiger partial charge in [0.2, 0.25) is 0 Å². The van der Waals surface area contributed by atoms with Gasteiger partial charge in [0.25, 0.3) is 0 Å². The van der Waals surface area contributed by atoms with E-state index in [0.717, 1.165) is 12.8 Å². The van der Waals surface area contributed by atoms with Crippen molar-refractivity contribution in [3.05, 3.63) is 12.7 Å². The fraction of sp³-hybridized carbons (Fsp3) is 0.636. The number of carboxylic acid groups (broad SMARTS) is 1. The molecule has 0 aromatic heterocycles. The monoisotopic (exact) mass is 226 g/mol. The molecule has 2 atom stereocenters. The second-order valence-electron chi connectivity index (χ2n) is 3.96. The van der Waals surface area contributed by atoms with E-state index in [9.17, 15) is 9.59 Å². The molecule has 5 heteroatoms. The van der Waals surface area contributed by atoms with Crippen LogP contribution in [0.2, 0.25) is 0 Å². The molecule has 0 bridgehead atoms. The maximum atomic E-state index is 11.4. The van der Waals surface area contributed by atoms with Crippen LogP contribution < -0.4 is 10.6 Å². The number of urea groups is 1. The van der Waals surface area contributed by atoms with Gasteiger partial charge in [-0.15, -0.1) is 6.58 Å². The van der Waals surface area contributed by atoms with Crippen molar-refractivity contribution in [2.75, 3.05) is 6.54 Å². The SMILES string of the molecule is C=CCCNC(=O)NC1CCCC1C(=O)O. The molecule has 3 N–H and O–H groups in total. The molecule has 2 amide bonds. The maximum Gasteiger partial charge on any atom is 0.315 e. The smallest absolute Gasteiger partial charge is 0.315 e. The standard InChI is InChI=1S/C11H18N2O3/c1-2-3-7-12-11(16)13-9-6-4-5-8(9)10(14)15/h2,8-9H,1,3-7H2,(H,14,15)(H2,12,13,16). The molecule has 0 radical (unpaired) electrons. The molecule has 2 unspecified atom stereocenters. The van der Waals surface area contributed by atoms with Gasteiger partial charge in [0, 0.05) is 12.6 Å². The fourth-order valence-corrected chi connectivity index (χ4v) is 1.94. The summed E-state index contributed by atoms with van der Waals surface area (Å²) < 4.78 is 0. The minimum atomic E-state index is -0.825. The summed E-state index contributed by atoms with van der Waals surface area (Å²) in [5.41, 5.74) is 0. The molecule has 16 heavy (non-hydrogen) atoms. The van der Waals surface area contributed by atoms with Crippen molar-refractivity contribution in [3.63, 3.8) is 0 Å². The highest BCUT2D eigenvalue weighted by Gasteiger charge is 2.33. The van der Waals surface area contributed by atoms with E-state index in [2.05, 4.69) is 17.2 Å². The summed E-state index contributed by atoms with van der Waals surface area (Å²) in [7, 11) is 0. The molecule has 90 valence electrons. The Hall–Kier alpha value is -1.52. The zero-order valence-corrected chi connectivity index (χ0v) is 9.24. The number of amides is 2. The molecular weight excluding hydrogens is 208 g/mol. The van der Waals surface area contributed by atoms with E-state index < -0.39 is 11.9 Å². The number of rotatable bonds is 5. The van der Waals surface area contributed by atoms with Crippen LogP contribution in [0.5, 0.6) is 0 Å². The first-order valence-corrected chi connectivity index (χ1v) is 5.53. The van der Waals surface area contributed by atoms with Crippen LogP contribution in [0.15, 0.2) is 12.7 Å².